The first-order valence-corrected chi connectivity index (χ1v) is 35.8. The second kappa shape index (κ2) is 24.7. The molecule has 48 heteroatoms. The Morgan fingerprint density at radius 2 is 0.571 bits per heavy atom. The quantitative estimate of drug-likeness (QED) is 0.110. The topological polar surface area (TPSA) is 454 Å². The molecule has 0 bridgehead atoms. The number of amides is 16. The van der Waals surface area contributed by atoms with E-state index in [0.29, 0.717) is 0 Å². The van der Waals surface area contributed by atoms with Crippen LogP contribution in [0.15, 0.2) is 34.8 Å². The summed E-state index contributed by atoms with van der Waals surface area (Å²) in [6.07, 6.45) is -5.34. The van der Waals surface area contributed by atoms with Crippen LogP contribution in [-0.2, 0) is 63.0 Å². The summed E-state index contributed by atoms with van der Waals surface area (Å²) < 4.78 is 163. The molecule has 0 aromatic heterocycles. The van der Waals surface area contributed by atoms with E-state index in [1.165, 1.54) is 90.5 Å². The number of benzene rings is 1. The van der Waals surface area contributed by atoms with Gasteiger partial charge >= 0.3 is 166 Å². The maximum absolute atomic E-state index is 15.5. The number of carbonyl (C=O) groups excluding carboxylic acids is 8. The van der Waals surface area contributed by atoms with E-state index >= 15 is 38.4 Å². The molecule has 1 aromatic carbocycles. The molecule has 12 fully saturated rings. The van der Waals surface area contributed by atoms with E-state index in [0.717, 1.165) is 0 Å². The van der Waals surface area contributed by atoms with E-state index in [9.17, 15) is 51.9 Å². The van der Waals surface area contributed by atoms with E-state index in [1.807, 2.05) is 0 Å². The van der Waals surface area contributed by atoms with Crippen molar-refractivity contribution in [3.63, 3.8) is 0 Å². The average molecular weight is 1490 g/mol. The molecule has 15 rings (SSSR count). The fraction of sp³-hybridized carbons (Fsp3) is 0.640. The number of fused-ring (bicyclic) bond motifs is 2. The SMILES string of the molecule is CC12N3CC4=C(OCCS(=O)(=O)[O-])CCC(OCCS(=O)(=O)[O-])=C4CN1C(=O)N1CN4C(=O)N5CN6C(=O)N7CN8C(=O)N9Cc%10c(OCCS(=O)(=O)[O-])ccc(OCCS(=O)(=O)[O-])c%10CN%10C(=O)N(CN%11C(=O)N(CN%12C(=O)N(CN(C3=O)C12C)C4C%125)C6C%117)C8(C)C%109C.[Na+].[Na+].[Na+].[Na+]. The Labute approximate surface area is 648 Å². The van der Waals surface area contributed by atoms with Gasteiger partial charge in [0.1, 0.15) is 89.5 Å². The van der Waals surface area contributed by atoms with Gasteiger partial charge in [-0.25, -0.2) is 72.0 Å². The number of urea groups is 8. The van der Waals surface area contributed by atoms with Crippen LogP contribution < -0.4 is 128 Å². The number of hydrogen-bond donors (Lipinski definition) is 0. The molecule has 0 atom stereocenters. The van der Waals surface area contributed by atoms with Gasteiger partial charge in [0, 0.05) is 35.1 Å². The van der Waals surface area contributed by atoms with Crippen LogP contribution in [0.25, 0.3) is 0 Å². The molecule has 13 heterocycles. The van der Waals surface area contributed by atoms with Crippen LogP contribution in [0.3, 0.4) is 0 Å². The van der Waals surface area contributed by atoms with Gasteiger partial charge in [-0.3, -0.25) is 78.4 Å². The first-order valence-electron chi connectivity index (χ1n) is 29.4. The van der Waals surface area contributed by atoms with Crippen LogP contribution in [-0.4, -0.2) is 328 Å². The molecule has 1 aliphatic carbocycles. The molecule has 0 N–H and O–H groups in total. The third kappa shape index (κ3) is 10.5. The molecular weight excluding hydrogens is 1430 g/mol. The summed E-state index contributed by atoms with van der Waals surface area (Å²) >= 11 is 0. The zero-order valence-electron chi connectivity index (χ0n) is 54.2. The molecule has 12 saturated heterocycles. The Hall–Kier alpha value is -4.30. The summed E-state index contributed by atoms with van der Waals surface area (Å²) in [5, 5.41) is 0. The predicted octanol–water partition coefficient (Wildman–Crippen LogP) is -15.1. The molecule has 0 spiro atoms. The van der Waals surface area contributed by atoms with E-state index < -0.39 is 239 Å². The van der Waals surface area contributed by atoms with Crippen LogP contribution in [0.1, 0.15) is 51.7 Å². The second-order valence-corrected chi connectivity index (χ2v) is 31.5. The van der Waals surface area contributed by atoms with Crippen molar-refractivity contribution < 1.29 is 227 Å². The molecule has 40 nitrogen and oxygen atoms in total. The van der Waals surface area contributed by atoms with Crippen LogP contribution in [0.4, 0.5) is 38.4 Å². The van der Waals surface area contributed by atoms with Crippen molar-refractivity contribution in [1.29, 1.82) is 0 Å². The molecule has 1 aromatic rings. The van der Waals surface area contributed by atoms with Gasteiger partial charge in [-0.15, -0.1) is 0 Å². The monoisotopic (exact) mass is 1490 g/mol. The fourth-order valence-corrected chi connectivity index (χ4v) is 17.6. The molecule has 14 aliphatic rings. The third-order valence-electron chi connectivity index (χ3n) is 21.3. The Kier molecular flexibility index (Phi) is 18.9. The standard InChI is InChI=1S/C50H62N16O24S4.4Na/c1-47-49(3)63-23-55-37-35-51(39(55)67)21-53-36-38-57(41(53)69)25-65-45(73)61-19-29-30(34(90-12-16-94(84,85)86)8-7-33(29)89-11-15-93(81,82)83)20-62-46(74)66(50(65,4)48(61,62)2)26-58(38)42(70)54(36)22-52(35)40(68)56(37)24-64(49)44(72)60(47)18-28-27(17-59(47)43(63)71)31(87-9-13-91(75,76)77)5-6-32(28)88-10-14-92(78,79)80;;;;/h5-6,35-38H,7-26H2,1-4H3,(H,75,76,77)(H,78,79,80)(H,81,82,83)(H,84,85,86);;;;/q;4*+1/p-4. The maximum Gasteiger partial charge on any atom is 1.00 e. The number of rotatable bonds is 16. The Morgan fingerprint density at radius 1 is 0.347 bits per heavy atom. The molecule has 0 radical (unpaired) electrons. The van der Waals surface area contributed by atoms with Crippen molar-refractivity contribution in [2.24, 2.45) is 0 Å². The van der Waals surface area contributed by atoms with Crippen molar-refractivity contribution in [3.05, 3.63) is 45.9 Å². The zero-order chi connectivity index (χ0) is 67.2. The van der Waals surface area contributed by atoms with Crippen molar-refractivity contribution >= 4 is 88.7 Å². The van der Waals surface area contributed by atoms with Crippen molar-refractivity contribution in [2.75, 3.05) is 103 Å². The van der Waals surface area contributed by atoms with Gasteiger partial charge in [-0.2, -0.15) is 0 Å². The summed E-state index contributed by atoms with van der Waals surface area (Å²) in [5.41, 5.74) is -6.25. The first-order chi connectivity index (χ1) is 43.9. The average Bonchev–Trinajstić information content (AvgIpc) is 1.50. The normalized spacial score (nSPS) is 30.2. The number of hydrogen-bond acceptors (Lipinski definition) is 24. The Morgan fingerprint density at radius 3 is 0.827 bits per heavy atom. The third-order valence-corrected chi connectivity index (χ3v) is 24.0. The van der Waals surface area contributed by atoms with Crippen LogP contribution in [0.2, 0.25) is 0 Å². The molecule has 16 amide bonds. The summed E-state index contributed by atoms with van der Waals surface area (Å²) in [6, 6.07) is -3.56. The van der Waals surface area contributed by atoms with Gasteiger partial charge in [0.25, 0.3) is 0 Å². The number of allylic oxidation sites excluding steroid dienone is 2. The molecular formula is C50H58N16Na4O24S4. The summed E-state index contributed by atoms with van der Waals surface area (Å²) in [6.45, 7) is -1.37. The van der Waals surface area contributed by atoms with Gasteiger partial charge < -0.3 is 37.2 Å². The molecule has 510 valence electrons. The number of ether oxygens (including phenoxy) is 4. The zero-order valence-corrected chi connectivity index (χ0v) is 65.5. The van der Waals surface area contributed by atoms with Crippen molar-refractivity contribution in [2.45, 2.75) is 101 Å². The van der Waals surface area contributed by atoms with Crippen LogP contribution in [0.5, 0.6) is 11.5 Å². The van der Waals surface area contributed by atoms with Crippen LogP contribution in [0, 0.1) is 0 Å². The first kappa shape index (κ1) is 74.9. The van der Waals surface area contributed by atoms with E-state index in [-0.39, 0.29) is 189 Å². The van der Waals surface area contributed by atoms with E-state index in [2.05, 4.69) is 0 Å². The molecule has 0 unspecified atom stereocenters. The predicted molar refractivity (Wildman–Crippen MR) is 299 cm³/mol. The maximum atomic E-state index is 15.5. The van der Waals surface area contributed by atoms with Gasteiger partial charge in [0.05, 0.1) is 89.7 Å². The minimum absolute atomic E-state index is 0. The summed E-state index contributed by atoms with van der Waals surface area (Å²) in [4.78, 5) is 145. The fourth-order valence-electron chi connectivity index (χ4n) is 16.5. The minimum Gasteiger partial charge on any atom is -0.748 e. The van der Waals surface area contributed by atoms with Crippen LogP contribution >= 0.6 is 0 Å². The second-order valence-electron chi connectivity index (χ2n) is 25.4. The van der Waals surface area contributed by atoms with Gasteiger partial charge in [0.2, 0.25) is 0 Å². The molecule has 0 saturated carbocycles. The van der Waals surface area contributed by atoms with Gasteiger partial charge in [0.15, 0.2) is 47.3 Å². The Balaban J connectivity index is 0.00000243. The van der Waals surface area contributed by atoms with E-state index in [1.54, 1.807) is 27.7 Å². The molecule has 98 heavy (non-hydrogen) atoms. The largest absolute Gasteiger partial charge is 1.00 e. The minimum atomic E-state index is -4.80. The Bertz CT molecular complexity index is 4030. The van der Waals surface area contributed by atoms with Gasteiger partial charge in [-0.1, -0.05) is 0 Å². The number of carbonyl (C=O) groups is 8. The smallest absolute Gasteiger partial charge is 0.748 e. The number of nitrogens with zero attached hydrogens (tertiary/aromatic N) is 16. The van der Waals surface area contributed by atoms with E-state index in [4.69, 9.17) is 18.9 Å². The summed E-state index contributed by atoms with van der Waals surface area (Å²) in [5.74, 6) is -3.62. The summed E-state index contributed by atoms with van der Waals surface area (Å²) in [7, 11) is -19.1. The molecule has 13 aliphatic heterocycles. The van der Waals surface area contributed by atoms with Gasteiger partial charge in [-0.05, 0) is 39.8 Å². The van der Waals surface area contributed by atoms with Crippen molar-refractivity contribution in [3.8, 4) is 11.5 Å². The van der Waals surface area contributed by atoms with Crippen molar-refractivity contribution in [1.82, 2.24) is 78.4 Å².